The van der Waals surface area contributed by atoms with Crippen LogP contribution in [-0.2, 0) is 0 Å². The van der Waals surface area contributed by atoms with Crippen molar-refractivity contribution in [2.24, 2.45) is 11.8 Å². The first-order valence-corrected chi connectivity index (χ1v) is 8.10. The summed E-state index contributed by atoms with van der Waals surface area (Å²) >= 11 is 0. The first-order valence-electron chi connectivity index (χ1n) is 8.10. The molecule has 2 heteroatoms. The van der Waals surface area contributed by atoms with E-state index in [1.54, 1.807) is 0 Å². The molecule has 0 aromatic carbocycles. The van der Waals surface area contributed by atoms with Gasteiger partial charge in [-0.3, -0.25) is 0 Å². The summed E-state index contributed by atoms with van der Waals surface area (Å²) in [6.45, 7) is 10.7. The monoisotopic (exact) mass is 254 g/mol. The van der Waals surface area contributed by atoms with Gasteiger partial charge in [-0.25, -0.2) is 0 Å². The Bertz CT molecular complexity index is 199. The first-order chi connectivity index (χ1) is 8.71. The minimum atomic E-state index is 0.703. The topological polar surface area (TPSA) is 15.3 Å². The van der Waals surface area contributed by atoms with Gasteiger partial charge in [0.15, 0.2) is 0 Å². The van der Waals surface area contributed by atoms with E-state index >= 15 is 0 Å². The summed E-state index contributed by atoms with van der Waals surface area (Å²) in [5, 5.41) is 3.59. The van der Waals surface area contributed by atoms with E-state index in [9.17, 15) is 0 Å². The van der Waals surface area contributed by atoms with E-state index in [2.05, 4.69) is 38.0 Å². The van der Waals surface area contributed by atoms with Crippen molar-refractivity contribution in [2.45, 2.75) is 65.3 Å². The minimum Gasteiger partial charge on any atom is -0.315 e. The molecule has 18 heavy (non-hydrogen) atoms. The van der Waals surface area contributed by atoms with E-state index in [1.807, 2.05) is 0 Å². The van der Waals surface area contributed by atoms with Gasteiger partial charge in [0, 0.05) is 19.1 Å². The van der Waals surface area contributed by atoms with Gasteiger partial charge >= 0.3 is 0 Å². The van der Waals surface area contributed by atoms with Gasteiger partial charge in [-0.15, -0.1) is 0 Å². The largest absolute Gasteiger partial charge is 0.315 e. The normalized spacial score (nSPS) is 21.2. The van der Waals surface area contributed by atoms with Crippen molar-refractivity contribution in [1.29, 1.82) is 0 Å². The van der Waals surface area contributed by atoms with Crippen molar-refractivity contribution in [3.63, 3.8) is 0 Å². The van der Waals surface area contributed by atoms with E-state index in [4.69, 9.17) is 0 Å². The van der Waals surface area contributed by atoms with Crippen molar-refractivity contribution in [2.75, 3.05) is 26.7 Å². The molecule has 1 aliphatic rings. The number of nitrogens with zero attached hydrogens (tertiary/aromatic N) is 1. The van der Waals surface area contributed by atoms with E-state index < -0.39 is 0 Å². The number of hydrogen-bond donors (Lipinski definition) is 1. The molecule has 1 aliphatic carbocycles. The standard InChI is InChI=1S/C16H34N2/c1-5-14(3)12-18(6-2)13-16(17-4)15-10-8-7-9-11-15/h14-17H,5-13H2,1-4H3. The summed E-state index contributed by atoms with van der Waals surface area (Å²) in [6.07, 6.45) is 8.51. The summed E-state index contributed by atoms with van der Waals surface area (Å²) < 4.78 is 0. The highest BCUT2D eigenvalue weighted by atomic mass is 15.1. The Morgan fingerprint density at radius 1 is 1.11 bits per heavy atom. The van der Waals surface area contributed by atoms with Gasteiger partial charge in [0.25, 0.3) is 0 Å². The molecule has 1 saturated carbocycles. The molecule has 2 atom stereocenters. The predicted octanol–water partition coefficient (Wildman–Crippen LogP) is 3.52. The zero-order valence-corrected chi connectivity index (χ0v) is 13.0. The molecule has 108 valence electrons. The molecule has 0 bridgehead atoms. The highest BCUT2D eigenvalue weighted by molar-refractivity contribution is 4.81. The third-order valence-electron chi connectivity index (χ3n) is 4.76. The Kier molecular flexibility index (Phi) is 7.92. The lowest BCUT2D eigenvalue weighted by atomic mass is 9.83. The number of hydrogen-bond acceptors (Lipinski definition) is 2. The molecule has 0 heterocycles. The van der Waals surface area contributed by atoms with Crippen LogP contribution in [0, 0.1) is 11.8 Å². The molecule has 0 aliphatic heterocycles. The average Bonchev–Trinajstić information content (AvgIpc) is 2.43. The van der Waals surface area contributed by atoms with E-state index in [0.717, 1.165) is 11.8 Å². The van der Waals surface area contributed by atoms with Crippen LogP contribution >= 0.6 is 0 Å². The van der Waals surface area contributed by atoms with Gasteiger partial charge < -0.3 is 10.2 Å². The summed E-state index contributed by atoms with van der Waals surface area (Å²) in [4.78, 5) is 2.64. The first kappa shape index (κ1) is 16.0. The van der Waals surface area contributed by atoms with Crippen LogP contribution in [0.3, 0.4) is 0 Å². The Morgan fingerprint density at radius 3 is 2.28 bits per heavy atom. The van der Waals surface area contributed by atoms with Crippen LogP contribution in [0.25, 0.3) is 0 Å². The second kappa shape index (κ2) is 8.92. The summed E-state index contributed by atoms with van der Waals surface area (Å²) in [6, 6.07) is 0.703. The van der Waals surface area contributed by atoms with Gasteiger partial charge in [-0.2, -0.15) is 0 Å². The molecule has 0 saturated heterocycles. The van der Waals surface area contributed by atoms with Crippen LogP contribution in [0.15, 0.2) is 0 Å². The van der Waals surface area contributed by atoms with Gasteiger partial charge in [-0.1, -0.05) is 46.5 Å². The quantitative estimate of drug-likeness (QED) is 0.713. The van der Waals surface area contributed by atoms with Crippen LogP contribution in [0.2, 0.25) is 0 Å². The molecule has 0 aromatic rings. The lowest BCUT2D eigenvalue weighted by molar-refractivity contribution is 0.177. The van der Waals surface area contributed by atoms with Crippen molar-refractivity contribution in [3.8, 4) is 0 Å². The van der Waals surface area contributed by atoms with Crippen molar-refractivity contribution < 1.29 is 0 Å². The SMILES string of the molecule is CCC(C)CN(CC)CC(NC)C1CCCCC1. The Hall–Kier alpha value is -0.0800. The summed E-state index contributed by atoms with van der Waals surface area (Å²) in [5.41, 5.74) is 0. The second-order valence-corrected chi connectivity index (χ2v) is 6.16. The second-order valence-electron chi connectivity index (χ2n) is 6.16. The number of likely N-dealkylation sites (N-methyl/N-ethyl adjacent to an activating group) is 2. The molecule has 0 spiro atoms. The van der Waals surface area contributed by atoms with E-state index in [1.165, 1.54) is 58.2 Å². The van der Waals surface area contributed by atoms with Crippen LogP contribution in [0.5, 0.6) is 0 Å². The fourth-order valence-electron chi connectivity index (χ4n) is 3.19. The predicted molar refractivity (Wildman–Crippen MR) is 81.0 cm³/mol. The molecular weight excluding hydrogens is 220 g/mol. The Balaban J connectivity index is 2.43. The molecule has 1 N–H and O–H groups in total. The maximum atomic E-state index is 3.59. The van der Waals surface area contributed by atoms with E-state index in [0.29, 0.717) is 6.04 Å². The minimum absolute atomic E-state index is 0.703. The molecular formula is C16H34N2. The highest BCUT2D eigenvalue weighted by Crippen LogP contribution is 2.26. The molecule has 0 amide bonds. The molecule has 1 rings (SSSR count). The maximum absolute atomic E-state index is 3.59. The number of rotatable bonds is 8. The maximum Gasteiger partial charge on any atom is 0.0220 e. The third-order valence-corrected chi connectivity index (χ3v) is 4.76. The summed E-state index contributed by atoms with van der Waals surface area (Å²) in [7, 11) is 2.15. The van der Waals surface area contributed by atoms with Gasteiger partial charge in [0.05, 0.1) is 0 Å². The van der Waals surface area contributed by atoms with Crippen LogP contribution in [0.4, 0.5) is 0 Å². The molecule has 2 unspecified atom stereocenters. The highest BCUT2D eigenvalue weighted by Gasteiger charge is 2.24. The molecule has 0 aromatic heterocycles. The van der Waals surface area contributed by atoms with Gasteiger partial charge in [0.1, 0.15) is 0 Å². The zero-order chi connectivity index (χ0) is 13.4. The van der Waals surface area contributed by atoms with Crippen molar-refractivity contribution >= 4 is 0 Å². The zero-order valence-electron chi connectivity index (χ0n) is 13.0. The van der Waals surface area contributed by atoms with Crippen molar-refractivity contribution in [1.82, 2.24) is 10.2 Å². The fraction of sp³-hybridized carbons (Fsp3) is 1.00. The third kappa shape index (κ3) is 5.27. The number of nitrogens with one attached hydrogen (secondary N) is 1. The lowest BCUT2D eigenvalue weighted by Gasteiger charge is -2.34. The Morgan fingerprint density at radius 2 is 1.78 bits per heavy atom. The lowest BCUT2D eigenvalue weighted by Crippen LogP contribution is -2.45. The summed E-state index contributed by atoms with van der Waals surface area (Å²) in [5.74, 6) is 1.74. The smallest absolute Gasteiger partial charge is 0.0220 e. The van der Waals surface area contributed by atoms with E-state index in [-0.39, 0.29) is 0 Å². The van der Waals surface area contributed by atoms with Gasteiger partial charge in [0.2, 0.25) is 0 Å². The average molecular weight is 254 g/mol. The molecule has 2 nitrogen and oxygen atoms in total. The van der Waals surface area contributed by atoms with Crippen LogP contribution < -0.4 is 5.32 Å². The molecule has 1 fully saturated rings. The van der Waals surface area contributed by atoms with Gasteiger partial charge in [-0.05, 0) is 38.3 Å². The van der Waals surface area contributed by atoms with Crippen molar-refractivity contribution in [3.05, 3.63) is 0 Å². The molecule has 0 radical (unpaired) electrons. The fourth-order valence-corrected chi connectivity index (χ4v) is 3.19. The Labute approximate surface area is 115 Å². The van der Waals surface area contributed by atoms with Crippen LogP contribution in [0.1, 0.15) is 59.3 Å². The van der Waals surface area contributed by atoms with Crippen LogP contribution in [-0.4, -0.2) is 37.6 Å².